The van der Waals surface area contributed by atoms with Crippen LogP contribution in [0.15, 0.2) is 16.7 Å². The van der Waals surface area contributed by atoms with Gasteiger partial charge in [-0.25, -0.2) is 0 Å². The van der Waals surface area contributed by atoms with E-state index in [-0.39, 0.29) is 0 Å². The van der Waals surface area contributed by atoms with Crippen molar-refractivity contribution in [3.05, 3.63) is 23.7 Å². The summed E-state index contributed by atoms with van der Waals surface area (Å²) >= 11 is 0. The molecule has 0 radical (unpaired) electrons. The highest BCUT2D eigenvalue weighted by Gasteiger charge is 2.42. The number of nitrogens with two attached hydrogens (primary N) is 1. The van der Waals surface area contributed by atoms with Crippen LogP contribution < -0.4 is 5.73 Å². The van der Waals surface area contributed by atoms with Crippen LogP contribution in [0.2, 0.25) is 0 Å². The minimum atomic E-state index is 0.391. The van der Waals surface area contributed by atoms with Crippen molar-refractivity contribution in [3.8, 4) is 0 Å². The fourth-order valence-corrected chi connectivity index (χ4v) is 1.56. The number of furan rings is 1. The van der Waals surface area contributed by atoms with Crippen molar-refractivity contribution in [3.63, 3.8) is 0 Å². The molecule has 2 rings (SSSR count). The lowest BCUT2D eigenvalue weighted by molar-refractivity contribution is 0.428. The quantitative estimate of drug-likeness (QED) is 0.742. The first-order valence-electron chi connectivity index (χ1n) is 4.49. The summed E-state index contributed by atoms with van der Waals surface area (Å²) in [7, 11) is 0. The first kappa shape index (κ1) is 7.87. The number of aryl methyl sites for hydroxylation is 1. The average molecular weight is 165 g/mol. The van der Waals surface area contributed by atoms with Crippen LogP contribution in [0, 0.1) is 12.3 Å². The van der Waals surface area contributed by atoms with E-state index in [9.17, 15) is 0 Å². The van der Waals surface area contributed by atoms with Gasteiger partial charge in [0.25, 0.3) is 0 Å². The normalized spacial score (nSPS) is 19.5. The highest BCUT2D eigenvalue weighted by atomic mass is 16.3. The van der Waals surface area contributed by atoms with Gasteiger partial charge < -0.3 is 10.2 Å². The molecule has 0 bridgehead atoms. The van der Waals surface area contributed by atoms with Gasteiger partial charge in [0, 0.05) is 6.42 Å². The van der Waals surface area contributed by atoms with E-state index in [0.717, 1.165) is 18.7 Å². The summed E-state index contributed by atoms with van der Waals surface area (Å²) in [5, 5.41) is 0. The minimum absolute atomic E-state index is 0.391. The molecule has 0 spiro atoms. The van der Waals surface area contributed by atoms with Gasteiger partial charge in [0.15, 0.2) is 0 Å². The number of hydrogen-bond acceptors (Lipinski definition) is 2. The molecule has 0 atom stereocenters. The summed E-state index contributed by atoms with van der Waals surface area (Å²) < 4.78 is 5.39. The predicted octanol–water partition coefficient (Wildman–Crippen LogP) is 1.87. The second-order valence-corrected chi connectivity index (χ2v) is 3.91. The van der Waals surface area contributed by atoms with Crippen molar-refractivity contribution >= 4 is 0 Å². The second-order valence-electron chi connectivity index (χ2n) is 3.91. The van der Waals surface area contributed by atoms with Crippen LogP contribution in [0.25, 0.3) is 0 Å². The van der Waals surface area contributed by atoms with E-state index in [1.807, 2.05) is 6.07 Å². The summed E-state index contributed by atoms with van der Waals surface area (Å²) in [6.07, 6.45) is 5.33. The maximum Gasteiger partial charge on any atom is 0.107 e. The van der Waals surface area contributed by atoms with Crippen molar-refractivity contribution in [1.29, 1.82) is 0 Å². The van der Waals surface area contributed by atoms with E-state index >= 15 is 0 Å². The number of hydrogen-bond donors (Lipinski definition) is 1. The molecule has 1 heterocycles. The highest BCUT2D eigenvalue weighted by Crippen LogP contribution is 2.47. The smallest absolute Gasteiger partial charge is 0.107 e. The van der Waals surface area contributed by atoms with E-state index in [0.29, 0.717) is 5.41 Å². The minimum Gasteiger partial charge on any atom is -0.469 e. The largest absolute Gasteiger partial charge is 0.469 e. The monoisotopic (exact) mass is 165 g/mol. The van der Waals surface area contributed by atoms with Crippen LogP contribution in [-0.4, -0.2) is 6.54 Å². The van der Waals surface area contributed by atoms with Gasteiger partial charge >= 0.3 is 0 Å². The Balaban J connectivity index is 2.08. The van der Waals surface area contributed by atoms with Crippen LogP contribution in [0.5, 0.6) is 0 Å². The van der Waals surface area contributed by atoms with Crippen LogP contribution >= 0.6 is 0 Å². The molecule has 1 fully saturated rings. The standard InChI is InChI=1S/C10H15NO/c1-8-2-5-12-9(8)6-10(7-11)3-4-10/h2,5H,3-4,6-7,11H2,1H3. The molecule has 0 unspecified atom stereocenters. The Labute approximate surface area is 72.7 Å². The van der Waals surface area contributed by atoms with E-state index < -0.39 is 0 Å². The topological polar surface area (TPSA) is 39.2 Å². The molecule has 2 N–H and O–H groups in total. The van der Waals surface area contributed by atoms with Gasteiger partial charge in [0.2, 0.25) is 0 Å². The van der Waals surface area contributed by atoms with Crippen molar-refractivity contribution < 1.29 is 4.42 Å². The van der Waals surface area contributed by atoms with Crippen LogP contribution in [-0.2, 0) is 6.42 Å². The molecular weight excluding hydrogens is 150 g/mol. The maximum absolute atomic E-state index is 5.69. The third-order valence-corrected chi connectivity index (χ3v) is 2.89. The molecule has 0 amide bonds. The van der Waals surface area contributed by atoms with Crippen LogP contribution in [0.3, 0.4) is 0 Å². The Bertz CT molecular complexity index is 273. The number of rotatable bonds is 3. The third-order valence-electron chi connectivity index (χ3n) is 2.89. The Morgan fingerprint density at radius 3 is 2.75 bits per heavy atom. The Morgan fingerprint density at radius 1 is 1.58 bits per heavy atom. The second kappa shape index (κ2) is 2.63. The van der Waals surface area contributed by atoms with Gasteiger partial charge in [-0.2, -0.15) is 0 Å². The van der Waals surface area contributed by atoms with Crippen molar-refractivity contribution in [1.82, 2.24) is 0 Å². The fraction of sp³-hybridized carbons (Fsp3) is 0.600. The van der Waals surface area contributed by atoms with Gasteiger partial charge in [0.05, 0.1) is 6.26 Å². The summed E-state index contributed by atoms with van der Waals surface area (Å²) in [6.45, 7) is 2.89. The molecule has 1 aliphatic carbocycles. The lowest BCUT2D eigenvalue weighted by atomic mass is 10.00. The molecule has 0 aliphatic heterocycles. The molecule has 1 aromatic heterocycles. The highest BCUT2D eigenvalue weighted by molar-refractivity contribution is 5.18. The fourth-order valence-electron chi connectivity index (χ4n) is 1.56. The zero-order chi connectivity index (χ0) is 8.60. The van der Waals surface area contributed by atoms with Crippen molar-refractivity contribution in [2.75, 3.05) is 6.54 Å². The lowest BCUT2D eigenvalue weighted by Crippen LogP contribution is -2.17. The zero-order valence-electron chi connectivity index (χ0n) is 7.47. The van der Waals surface area contributed by atoms with Gasteiger partial charge in [-0.15, -0.1) is 0 Å². The van der Waals surface area contributed by atoms with Crippen molar-refractivity contribution in [2.45, 2.75) is 26.2 Å². The average Bonchev–Trinajstić information content (AvgIpc) is 2.74. The van der Waals surface area contributed by atoms with Gasteiger partial charge in [-0.05, 0) is 43.4 Å². The first-order valence-corrected chi connectivity index (χ1v) is 4.49. The van der Waals surface area contributed by atoms with Gasteiger partial charge in [-0.1, -0.05) is 0 Å². The van der Waals surface area contributed by atoms with E-state index in [4.69, 9.17) is 10.2 Å². The van der Waals surface area contributed by atoms with Crippen LogP contribution in [0.1, 0.15) is 24.2 Å². The summed E-state index contributed by atoms with van der Waals surface area (Å²) in [6, 6.07) is 2.02. The van der Waals surface area contributed by atoms with E-state index in [1.165, 1.54) is 18.4 Å². The Morgan fingerprint density at radius 2 is 2.33 bits per heavy atom. The Kier molecular flexibility index (Phi) is 1.72. The maximum atomic E-state index is 5.69. The molecule has 0 saturated heterocycles. The van der Waals surface area contributed by atoms with Crippen molar-refractivity contribution in [2.24, 2.45) is 11.1 Å². The molecule has 66 valence electrons. The zero-order valence-corrected chi connectivity index (χ0v) is 7.47. The molecule has 1 saturated carbocycles. The summed E-state index contributed by atoms with van der Waals surface area (Å²) in [5.41, 5.74) is 7.34. The Hall–Kier alpha value is -0.760. The van der Waals surface area contributed by atoms with E-state index in [2.05, 4.69) is 6.92 Å². The first-order chi connectivity index (χ1) is 5.76. The summed E-state index contributed by atoms with van der Waals surface area (Å²) in [5.74, 6) is 1.12. The molecule has 0 aromatic carbocycles. The third kappa shape index (κ3) is 1.27. The van der Waals surface area contributed by atoms with Gasteiger partial charge in [0.1, 0.15) is 5.76 Å². The predicted molar refractivity (Wildman–Crippen MR) is 47.9 cm³/mol. The molecule has 12 heavy (non-hydrogen) atoms. The summed E-state index contributed by atoms with van der Waals surface area (Å²) in [4.78, 5) is 0. The van der Waals surface area contributed by atoms with E-state index in [1.54, 1.807) is 6.26 Å². The molecule has 1 aliphatic rings. The molecule has 2 heteroatoms. The molecule has 1 aromatic rings. The molecule has 2 nitrogen and oxygen atoms in total. The van der Waals surface area contributed by atoms with Gasteiger partial charge in [-0.3, -0.25) is 0 Å². The SMILES string of the molecule is Cc1ccoc1CC1(CN)CC1. The lowest BCUT2D eigenvalue weighted by Gasteiger charge is -2.09. The van der Waals surface area contributed by atoms with Crippen LogP contribution in [0.4, 0.5) is 0 Å². The molecular formula is C10H15NO.